The summed E-state index contributed by atoms with van der Waals surface area (Å²) in [5, 5.41) is 8.60. The van der Waals surface area contributed by atoms with Gasteiger partial charge in [0.1, 0.15) is 11.5 Å². The van der Waals surface area contributed by atoms with E-state index in [0.29, 0.717) is 17.1 Å². The standard InChI is InChI=1S/C13H17NO5/c1-14(5-4-12(15)16)13(17)9-6-10(18-2)8-11(7-9)19-3/h6-8H,4-5H2,1-3H3,(H,15,16). The van der Waals surface area contributed by atoms with Gasteiger partial charge in [0.15, 0.2) is 0 Å². The first-order valence-corrected chi connectivity index (χ1v) is 5.68. The van der Waals surface area contributed by atoms with E-state index in [1.165, 1.54) is 19.1 Å². The quantitative estimate of drug-likeness (QED) is 0.839. The minimum Gasteiger partial charge on any atom is -0.497 e. The molecule has 1 rings (SSSR count). The lowest BCUT2D eigenvalue weighted by Crippen LogP contribution is -2.29. The summed E-state index contributed by atoms with van der Waals surface area (Å²) in [6.45, 7) is 0.147. The number of aliphatic carboxylic acids is 1. The van der Waals surface area contributed by atoms with Gasteiger partial charge in [-0.25, -0.2) is 0 Å². The molecule has 0 saturated heterocycles. The Hall–Kier alpha value is -2.24. The smallest absolute Gasteiger partial charge is 0.305 e. The van der Waals surface area contributed by atoms with Crippen molar-refractivity contribution in [3.63, 3.8) is 0 Å². The van der Waals surface area contributed by atoms with Gasteiger partial charge in [0.25, 0.3) is 5.91 Å². The number of hydrogen-bond acceptors (Lipinski definition) is 4. The third-order valence-corrected chi connectivity index (χ3v) is 2.61. The fourth-order valence-corrected chi connectivity index (χ4v) is 1.52. The highest BCUT2D eigenvalue weighted by molar-refractivity contribution is 5.95. The molecule has 1 amide bonds. The lowest BCUT2D eigenvalue weighted by atomic mass is 10.1. The number of benzene rings is 1. The summed E-state index contributed by atoms with van der Waals surface area (Å²) in [5.41, 5.74) is 0.393. The molecule has 0 atom stereocenters. The van der Waals surface area contributed by atoms with E-state index in [0.717, 1.165) is 0 Å². The minimum absolute atomic E-state index is 0.0939. The topological polar surface area (TPSA) is 76.1 Å². The van der Waals surface area contributed by atoms with Crippen LogP contribution in [0.15, 0.2) is 18.2 Å². The zero-order valence-electron chi connectivity index (χ0n) is 11.2. The van der Waals surface area contributed by atoms with Gasteiger partial charge in [0.05, 0.1) is 20.6 Å². The number of ether oxygens (including phenoxy) is 2. The van der Waals surface area contributed by atoms with Gasteiger partial charge < -0.3 is 19.5 Å². The predicted molar refractivity (Wildman–Crippen MR) is 68.8 cm³/mol. The third kappa shape index (κ3) is 4.17. The Morgan fingerprint density at radius 3 is 2.11 bits per heavy atom. The molecule has 0 bridgehead atoms. The van der Waals surface area contributed by atoms with E-state index in [2.05, 4.69) is 0 Å². The van der Waals surface area contributed by atoms with Gasteiger partial charge in [-0.3, -0.25) is 9.59 Å². The van der Waals surface area contributed by atoms with Crippen LogP contribution in [0.25, 0.3) is 0 Å². The van der Waals surface area contributed by atoms with Crippen molar-refractivity contribution in [1.82, 2.24) is 4.90 Å². The molecule has 0 aromatic heterocycles. The zero-order valence-corrected chi connectivity index (χ0v) is 11.2. The molecule has 0 radical (unpaired) electrons. The number of carboxylic acids is 1. The summed E-state index contributed by atoms with van der Waals surface area (Å²) in [5.74, 6) is -0.204. The van der Waals surface area contributed by atoms with Gasteiger partial charge in [0, 0.05) is 25.2 Å². The molecule has 104 valence electrons. The van der Waals surface area contributed by atoms with Gasteiger partial charge >= 0.3 is 5.97 Å². The number of carboxylic acid groups (broad SMARTS) is 1. The lowest BCUT2D eigenvalue weighted by molar-refractivity contribution is -0.137. The molecule has 0 fully saturated rings. The summed E-state index contributed by atoms with van der Waals surface area (Å²) in [4.78, 5) is 24.0. The molecule has 0 heterocycles. The number of carbonyl (C=O) groups excluding carboxylic acids is 1. The second-order valence-electron chi connectivity index (χ2n) is 3.97. The Kier molecular flexibility index (Phi) is 5.17. The lowest BCUT2D eigenvalue weighted by Gasteiger charge is -2.17. The van der Waals surface area contributed by atoms with Crippen LogP contribution in [0, 0.1) is 0 Å². The van der Waals surface area contributed by atoms with Crippen LogP contribution in [0.1, 0.15) is 16.8 Å². The molecule has 6 nitrogen and oxygen atoms in total. The van der Waals surface area contributed by atoms with Crippen molar-refractivity contribution in [2.75, 3.05) is 27.8 Å². The number of nitrogens with zero attached hydrogens (tertiary/aromatic N) is 1. The Morgan fingerprint density at radius 2 is 1.68 bits per heavy atom. The summed E-state index contributed by atoms with van der Waals surface area (Å²) in [6.07, 6.45) is -0.0939. The average molecular weight is 267 g/mol. The maximum absolute atomic E-state index is 12.1. The normalized spacial score (nSPS) is 9.84. The molecule has 6 heteroatoms. The molecule has 0 saturated carbocycles. The highest BCUT2D eigenvalue weighted by Gasteiger charge is 2.15. The van der Waals surface area contributed by atoms with E-state index in [1.807, 2.05) is 0 Å². The fourth-order valence-electron chi connectivity index (χ4n) is 1.52. The first kappa shape index (κ1) is 14.8. The number of methoxy groups -OCH3 is 2. The monoisotopic (exact) mass is 267 g/mol. The second kappa shape index (κ2) is 6.63. The highest BCUT2D eigenvalue weighted by atomic mass is 16.5. The summed E-state index contributed by atoms with van der Waals surface area (Å²) in [6, 6.07) is 4.83. The zero-order chi connectivity index (χ0) is 14.4. The molecule has 19 heavy (non-hydrogen) atoms. The fraction of sp³-hybridized carbons (Fsp3) is 0.385. The van der Waals surface area contributed by atoms with Crippen molar-refractivity contribution in [2.45, 2.75) is 6.42 Å². The van der Waals surface area contributed by atoms with E-state index in [-0.39, 0.29) is 18.9 Å². The largest absolute Gasteiger partial charge is 0.497 e. The summed E-state index contributed by atoms with van der Waals surface area (Å²) in [7, 11) is 4.55. The van der Waals surface area contributed by atoms with Crippen LogP contribution in [0.5, 0.6) is 11.5 Å². The van der Waals surface area contributed by atoms with Gasteiger partial charge in [-0.05, 0) is 12.1 Å². The molecule has 0 aliphatic rings. The van der Waals surface area contributed by atoms with Crippen LogP contribution in [0.3, 0.4) is 0 Å². The average Bonchev–Trinajstić information content (AvgIpc) is 2.42. The SMILES string of the molecule is COc1cc(OC)cc(C(=O)N(C)CCC(=O)O)c1. The third-order valence-electron chi connectivity index (χ3n) is 2.61. The molecule has 1 aromatic rings. The van der Waals surface area contributed by atoms with Crippen LogP contribution in [-0.2, 0) is 4.79 Å². The number of hydrogen-bond donors (Lipinski definition) is 1. The van der Waals surface area contributed by atoms with Crippen LogP contribution < -0.4 is 9.47 Å². The van der Waals surface area contributed by atoms with E-state index < -0.39 is 5.97 Å². The maximum Gasteiger partial charge on any atom is 0.305 e. The van der Waals surface area contributed by atoms with Crippen molar-refractivity contribution in [2.24, 2.45) is 0 Å². The van der Waals surface area contributed by atoms with E-state index in [1.54, 1.807) is 25.2 Å². The number of amides is 1. The number of carbonyl (C=O) groups is 2. The summed E-state index contributed by atoms with van der Waals surface area (Å²) < 4.78 is 10.2. The maximum atomic E-state index is 12.1. The van der Waals surface area contributed by atoms with Gasteiger partial charge in [-0.1, -0.05) is 0 Å². The summed E-state index contributed by atoms with van der Waals surface area (Å²) >= 11 is 0. The Labute approximate surface area is 111 Å². The Balaban J connectivity index is 2.88. The van der Waals surface area contributed by atoms with Crippen molar-refractivity contribution < 1.29 is 24.2 Å². The first-order valence-electron chi connectivity index (χ1n) is 5.68. The molecule has 0 spiro atoms. The van der Waals surface area contributed by atoms with Gasteiger partial charge in [-0.2, -0.15) is 0 Å². The van der Waals surface area contributed by atoms with Crippen molar-refractivity contribution in [1.29, 1.82) is 0 Å². The van der Waals surface area contributed by atoms with Crippen molar-refractivity contribution >= 4 is 11.9 Å². The van der Waals surface area contributed by atoms with E-state index >= 15 is 0 Å². The Bertz CT molecular complexity index is 450. The van der Waals surface area contributed by atoms with Crippen LogP contribution in [0.2, 0.25) is 0 Å². The molecule has 0 aliphatic carbocycles. The van der Waals surface area contributed by atoms with E-state index in [4.69, 9.17) is 14.6 Å². The molecule has 0 aliphatic heterocycles. The molecule has 0 unspecified atom stereocenters. The van der Waals surface area contributed by atoms with Crippen molar-refractivity contribution in [3.8, 4) is 11.5 Å². The van der Waals surface area contributed by atoms with Crippen LogP contribution >= 0.6 is 0 Å². The molecule has 1 N–H and O–H groups in total. The second-order valence-corrected chi connectivity index (χ2v) is 3.97. The predicted octanol–water partition coefficient (Wildman–Crippen LogP) is 1.25. The Morgan fingerprint density at radius 1 is 1.16 bits per heavy atom. The van der Waals surface area contributed by atoms with Crippen molar-refractivity contribution in [3.05, 3.63) is 23.8 Å². The van der Waals surface area contributed by atoms with Gasteiger partial charge in [0.2, 0.25) is 0 Å². The van der Waals surface area contributed by atoms with Gasteiger partial charge in [-0.15, -0.1) is 0 Å². The molecular weight excluding hydrogens is 250 g/mol. The molecule has 1 aromatic carbocycles. The number of rotatable bonds is 6. The highest BCUT2D eigenvalue weighted by Crippen LogP contribution is 2.23. The minimum atomic E-state index is -0.942. The van der Waals surface area contributed by atoms with E-state index in [9.17, 15) is 9.59 Å². The molecular formula is C13H17NO5. The van der Waals surface area contributed by atoms with Crippen LogP contribution in [0.4, 0.5) is 0 Å². The van der Waals surface area contributed by atoms with Crippen LogP contribution in [-0.4, -0.2) is 49.7 Å². The first-order chi connectivity index (χ1) is 8.97.